The Bertz CT molecular complexity index is 366. The number of carbonyl (C=O) groups is 1. The van der Waals surface area contributed by atoms with E-state index in [4.69, 9.17) is 9.60 Å². The quantitative estimate of drug-likeness (QED) is 0.471. The molecule has 0 radical (unpaired) electrons. The normalized spacial score (nSPS) is 22.3. The number of hydrogen-bond donors (Lipinski definition) is 0. The van der Waals surface area contributed by atoms with Crippen LogP contribution in [-0.4, -0.2) is 18.7 Å². The summed E-state index contributed by atoms with van der Waals surface area (Å²) in [5, 5.41) is 0. The van der Waals surface area contributed by atoms with E-state index in [9.17, 15) is 18.0 Å². The highest BCUT2D eigenvalue weighted by molar-refractivity contribution is 5.86. The van der Waals surface area contributed by atoms with E-state index in [-0.39, 0.29) is 0 Å². The molecule has 0 aromatic heterocycles. The second-order valence-electron chi connectivity index (χ2n) is 1.36. The summed E-state index contributed by atoms with van der Waals surface area (Å²) in [7, 11) is 0. The summed E-state index contributed by atoms with van der Waals surface area (Å²) in [6, 6.07) is 0. The van der Waals surface area contributed by atoms with Crippen LogP contribution in [0.4, 0.5) is 13.2 Å². The van der Waals surface area contributed by atoms with Crippen molar-refractivity contribution in [2.45, 2.75) is 13.0 Å². The molecule has 0 aliphatic rings. The van der Waals surface area contributed by atoms with Crippen LogP contribution in [0.3, 0.4) is 0 Å². The Hall–Kier alpha value is -1.00. The third kappa shape index (κ3) is 5.44. The minimum absolute atomic E-state index is 1.57. The minimum atomic E-state index is -5.56. The first kappa shape index (κ1) is 3.16. The molecule has 5 heteroatoms. The predicted octanol–water partition coefficient (Wildman–Crippen LogP) is 1.67. The predicted molar refractivity (Wildman–Crippen MR) is 31.8 cm³/mol. The Kier molecular flexibility index (Phi) is 0.980. The van der Waals surface area contributed by atoms with Gasteiger partial charge in [-0.2, -0.15) is 13.2 Å². The molecule has 0 N–H and O–H groups in total. The summed E-state index contributed by atoms with van der Waals surface area (Å²) in [5.74, 6) is -2.22. The molecule has 0 saturated heterocycles. The number of carbonyl (C=O) groups excluding carboxylic acids is 1. The lowest BCUT2D eigenvalue weighted by molar-refractivity contribution is -0.183. The number of esters is 1. The van der Waals surface area contributed by atoms with E-state index in [1.807, 2.05) is 0 Å². The van der Waals surface area contributed by atoms with Gasteiger partial charge < -0.3 is 4.74 Å². The molecule has 64 valence electrons. The molecule has 0 unspecified atom stereocenters. The minimum Gasteiger partial charge on any atom is -0.453 e. The van der Waals surface area contributed by atoms with Crippen molar-refractivity contribution >= 4 is 5.97 Å². The molecule has 0 aliphatic carbocycles. The van der Waals surface area contributed by atoms with Gasteiger partial charge in [0, 0.05) is 9.69 Å². The molecule has 0 amide bonds. The maximum atomic E-state index is 12.1. The van der Waals surface area contributed by atoms with Crippen LogP contribution in [0, 0.1) is 0 Å². The van der Waals surface area contributed by atoms with E-state index in [2.05, 4.69) is 4.74 Å². The molecule has 0 aliphatic heterocycles. The van der Waals surface area contributed by atoms with Gasteiger partial charge in [-0.25, -0.2) is 4.79 Å². The molecular weight excluding hydrogens is 161 g/mol. The second-order valence-corrected chi connectivity index (χ2v) is 1.36. The third-order valence-electron chi connectivity index (χ3n) is 0.464. The van der Waals surface area contributed by atoms with Crippen LogP contribution in [0.5, 0.6) is 0 Å². The van der Waals surface area contributed by atoms with Gasteiger partial charge in [0.1, 0.15) is 0 Å². The Labute approximate surface area is 71.5 Å². The Morgan fingerprint density at radius 3 is 2.91 bits per heavy atom. The maximum absolute atomic E-state index is 12.1. The molecule has 0 heterocycles. The number of ether oxygens (including phenoxy) is 1. The molecular formula is C6H7F3O2. The van der Waals surface area contributed by atoms with Crippen LogP contribution in [-0.2, 0) is 9.53 Å². The van der Waals surface area contributed by atoms with E-state index >= 15 is 0 Å². The van der Waals surface area contributed by atoms with Crippen LogP contribution in [0.2, 0.25) is 0 Å². The van der Waals surface area contributed by atoms with Gasteiger partial charge in [-0.05, 0) is 6.85 Å². The zero-order valence-electron chi connectivity index (χ0n) is 12.0. The molecule has 0 atom stereocenters. The highest BCUT2D eigenvalue weighted by Gasteiger charge is 2.29. The fourth-order valence-electron chi connectivity index (χ4n) is 0.155. The molecule has 0 spiro atoms. The average Bonchev–Trinajstić information content (AvgIpc) is 1.94. The standard InChI is InChI=1S/C6H7F3O2/c1-4(2)5(10)11-3-6(7,8)9/h1,3H2,2H3/i1D2,2D3,3D2. The van der Waals surface area contributed by atoms with Crippen LogP contribution < -0.4 is 0 Å². The van der Waals surface area contributed by atoms with Crippen LogP contribution in [0.15, 0.2) is 12.1 Å². The van der Waals surface area contributed by atoms with Gasteiger partial charge in [0.2, 0.25) is 0 Å². The van der Waals surface area contributed by atoms with Crippen LogP contribution in [0.25, 0.3) is 0 Å². The van der Waals surface area contributed by atoms with Gasteiger partial charge in [0.05, 0.1) is 5.48 Å². The van der Waals surface area contributed by atoms with E-state index < -0.39 is 37.7 Å². The Morgan fingerprint density at radius 2 is 2.55 bits per heavy atom. The molecule has 0 fully saturated rings. The van der Waals surface area contributed by atoms with Crippen molar-refractivity contribution in [2.24, 2.45) is 0 Å². The lowest BCUT2D eigenvalue weighted by atomic mass is 10.4. The van der Waals surface area contributed by atoms with Crippen molar-refractivity contribution < 1.29 is 32.3 Å². The second kappa shape index (κ2) is 3.41. The number of halogens is 3. The summed E-state index contributed by atoms with van der Waals surface area (Å²) in [4.78, 5) is 11.1. The average molecular weight is 175 g/mol. The molecule has 11 heavy (non-hydrogen) atoms. The summed E-state index contributed by atoms with van der Waals surface area (Å²) in [5.41, 5.74) is -1.63. The van der Waals surface area contributed by atoms with Gasteiger partial charge >= 0.3 is 12.1 Å². The van der Waals surface area contributed by atoms with Crippen molar-refractivity contribution in [1.82, 2.24) is 0 Å². The monoisotopic (exact) mass is 175 g/mol. The van der Waals surface area contributed by atoms with Gasteiger partial charge in [-0.15, -0.1) is 0 Å². The van der Waals surface area contributed by atoms with Crippen molar-refractivity contribution in [2.75, 3.05) is 6.56 Å². The molecule has 0 bridgehead atoms. The van der Waals surface area contributed by atoms with Gasteiger partial charge in [-0.1, -0.05) is 6.53 Å². The van der Waals surface area contributed by atoms with E-state index in [0.717, 1.165) is 0 Å². The van der Waals surface area contributed by atoms with E-state index in [1.54, 1.807) is 0 Å². The molecule has 0 aromatic carbocycles. The largest absolute Gasteiger partial charge is 0.453 e. The SMILES string of the molecule is [2H]C([2H])=C(C(=O)OC([2H])([2H])C(F)(F)F)C([2H])([2H])[2H]. The van der Waals surface area contributed by atoms with Crippen molar-refractivity contribution in [3.8, 4) is 0 Å². The van der Waals surface area contributed by atoms with Crippen molar-refractivity contribution in [3.05, 3.63) is 12.1 Å². The Morgan fingerprint density at radius 1 is 1.91 bits per heavy atom. The zero-order chi connectivity index (χ0) is 14.9. The Balaban J connectivity index is 5.28. The fraction of sp³-hybridized carbons (Fsp3) is 0.500. The molecule has 0 aromatic rings. The third-order valence-corrected chi connectivity index (χ3v) is 0.464. The van der Waals surface area contributed by atoms with Crippen LogP contribution in [0.1, 0.15) is 16.4 Å². The lowest BCUT2D eigenvalue weighted by Gasteiger charge is -2.06. The van der Waals surface area contributed by atoms with Crippen molar-refractivity contribution in [1.29, 1.82) is 0 Å². The molecule has 0 rings (SSSR count). The summed E-state index contributed by atoms with van der Waals surface area (Å²) < 4.78 is 85.9. The van der Waals surface area contributed by atoms with Crippen molar-refractivity contribution in [3.63, 3.8) is 0 Å². The number of hydrogen-bond acceptors (Lipinski definition) is 2. The van der Waals surface area contributed by atoms with Gasteiger partial charge in [0.25, 0.3) is 0 Å². The zero-order valence-corrected chi connectivity index (χ0v) is 4.95. The maximum Gasteiger partial charge on any atom is 0.422 e. The molecule has 0 saturated carbocycles. The highest BCUT2D eigenvalue weighted by atomic mass is 19.4. The van der Waals surface area contributed by atoms with E-state index in [0.29, 0.717) is 0 Å². The smallest absolute Gasteiger partial charge is 0.422 e. The first-order chi connectivity index (χ1) is 7.70. The summed E-state index contributed by atoms with van der Waals surface area (Å²) >= 11 is 0. The number of rotatable bonds is 2. The summed E-state index contributed by atoms with van der Waals surface area (Å²) in [6.07, 6.45) is -5.56. The topological polar surface area (TPSA) is 26.3 Å². The first-order valence-corrected chi connectivity index (χ1v) is 2.18. The van der Waals surface area contributed by atoms with Crippen LogP contribution >= 0.6 is 0 Å². The fourth-order valence-corrected chi connectivity index (χ4v) is 0.155. The number of alkyl halides is 3. The lowest BCUT2D eigenvalue weighted by Crippen LogP contribution is -2.20. The summed E-state index contributed by atoms with van der Waals surface area (Å²) in [6.45, 7) is -9.33. The highest BCUT2D eigenvalue weighted by Crippen LogP contribution is 2.14. The van der Waals surface area contributed by atoms with E-state index in [1.165, 1.54) is 0 Å². The van der Waals surface area contributed by atoms with Gasteiger partial charge in [-0.3, -0.25) is 0 Å². The van der Waals surface area contributed by atoms with Gasteiger partial charge in [0.15, 0.2) is 6.56 Å². The first-order valence-electron chi connectivity index (χ1n) is 5.68. The molecule has 2 nitrogen and oxygen atoms in total.